The molecule has 36 nitrogen and oxygen atoms in total. The van der Waals surface area contributed by atoms with Crippen molar-refractivity contribution in [3.63, 3.8) is 0 Å². The number of halogens is 2. The van der Waals surface area contributed by atoms with Crippen LogP contribution in [0, 0.1) is 29.6 Å². The molecular formula is C58H107Cl2N15O21. The molecular weight excluding hydrogens is 1310 g/mol. The van der Waals surface area contributed by atoms with Crippen LogP contribution >= 0.6 is 24.8 Å². The third-order valence-electron chi connectivity index (χ3n) is 14.4. The topological polar surface area (TPSA) is 658 Å². The number of aliphatic hydroxyl groups is 4. The van der Waals surface area contributed by atoms with E-state index in [-0.39, 0.29) is 121 Å². The number of ether oxygens (including phenoxy) is 1. The van der Waals surface area contributed by atoms with Crippen molar-refractivity contribution in [3.05, 3.63) is 35.9 Å². The van der Waals surface area contributed by atoms with Crippen LogP contribution in [0.2, 0.25) is 0 Å². The first-order valence-corrected chi connectivity index (χ1v) is 30.1. The number of benzene rings is 1. The largest absolute Gasteiger partial charge is 0.453 e. The van der Waals surface area contributed by atoms with Crippen LogP contribution in [-0.4, -0.2) is 218 Å². The van der Waals surface area contributed by atoms with E-state index in [1.807, 2.05) is 24.5 Å². The molecule has 554 valence electrons. The average molecular weight is 1420 g/mol. The highest BCUT2D eigenvalue weighted by atomic mass is 35.5. The second kappa shape index (κ2) is 47.3. The van der Waals surface area contributed by atoms with Crippen molar-refractivity contribution in [1.29, 1.82) is 0 Å². The number of hydrogen-bond donors (Lipinski definition) is 18. The number of hydrogen-bond acceptors (Lipinski definition) is 19. The SMILES string of the molecule is CC[C@H](C)[C@@H]1NC(=O)[C@H](CCCN=C(N)N)NC(=O)[C@H](CC(C)C)NC(=O)[C@H]([C@H](O)C(C)C)NC(=O)[C@@H](NC(=O)[C@H](CC(C)C)NC(=O)[C@H](N)CC(C)C)[C@@H](c2ccccc2)OC(=O)[C@H](CO)NC(=O)[C@H]([C@H](O)C(N)=O)NC(=O)CNC(=O)[C@H]([C@H](C)O)NC1=O.Cl.Cl.O.O.O.O. The van der Waals surface area contributed by atoms with Gasteiger partial charge in [-0.1, -0.05) is 106 Å². The number of rotatable bonds is 23. The number of nitrogens with zero attached hydrogens (tertiary/aromatic N) is 1. The minimum absolute atomic E-state index is 0. The van der Waals surface area contributed by atoms with Gasteiger partial charge >= 0.3 is 5.97 Å². The van der Waals surface area contributed by atoms with Crippen molar-refractivity contribution in [2.75, 3.05) is 19.7 Å². The summed E-state index contributed by atoms with van der Waals surface area (Å²) >= 11 is 0. The van der Waals surface area contributed by atoms with E-state index in [1.54, 1.807) is 41.5 Å². The van der Waals surface area contributed by atoms with Gasteiger partial charge < -0.3 is 123 Å². The van der Waals surface area contributed by atoms with E-state index in [9.17, 15) is 73.2 Å². The van der Waals surface area contributed by atoms with Gasteiger partial charge in [0, 0.05) is 6.54 Å². The van der Waals surface area contributed by atoms with Crippen LogP contribution in [0.25, 0.3) is 0 Å². The first-order valence-electron chi connectivity index (χ1n) is 30.1. The smallest absolute Gasteiger partial charge is 0.331 e. The maximum absolute atomic E-state index is 15.3. The Bertz CT molecular complexity index is 2660. The summed E-state index contributed by atoms with van der Waals surface area (Å²) in [7, 11) is 0. The van der Waals surface area contributed by atoms with Gasteiger partial charge in [0.15, 0.2) is 24.2 Å². The number of guanidine groups is 1. The molecule has 38 heteroatoms. The standard InChI is InChI=1S/C58H97N15O17.2ClH.4H2O/c1-12-30(10)39-53(85)71-40(31(11)75)52(84)64-24-38(76)69-42(45(78)47(60)79)55(87)68-37(25-74)57(89)90-46(32-17-14-13-15-18-32)43(73-51(83)36(23-28(6)7)66-48(80)33(59)21-26(2)3)56(88)72-41(44(77)29(8)9)54(86)67-35(22-27(4)5)50(82)65-34(49(81)70-39)19-16-20-63-58(61)62;;;;;;/h13-15,17-18,26-31,33-37,39-46,74-75,77-78H,12,16,19-25,59H2,1-11H3,(H2,60,79)(H,64,84)(H,65,82)(H,66,80)(H,67,86)(H,68,87)(H,69,76)(H,70,81)(H,71,85)(H,72,88)(H,73,83)(H4,61,62,63);2*1H;4*1H2/t30-,31-,33+,34-,35-,36-,37-,39-,40-,41-,42-,43-,44+,45-,46+;;;;;;/m0....../s1. The van der Waals surface area contributed by atoms with Crippen LogP contribution in [0.1, 0.15) is 126 Å². The molecule has 0 aromatic heterocycles. The Morgan fingerprint density at radius 3 is 1.64 bits per heavy atom. The van der Waals surface area contributed by atoms with Gasteiger partial charge in [0.1, 0.15) is 48.3 Å². The number of primary amides is 1. The second-order valence-corrected chi connectivity index (χ2v) is 24.1. The molecule has 96 heavy (non-hydrogen) atoms. The Balaban J connectivity index is -0.00000460. The molecule has 1 aromatic rings. The average Bonchev–Trinajstić information content (AvgIpc) is 0.827. The number of cyclic esters (lactones) is 1. The minimum atomic E-state index is -2.57. The molecule has 1 aliphatic rings. The maximum atomic E-state index is 15.3. The molecule has 0 saturated carbocycles. The number of nitrogens with two attached hydrogens (primary N) is 4. The summed E-state index contributed by atoms with van der Waals surface area (Å²) in [5, 5.41) is 68.0. The third kappa shape index (κ3) is 31.9. The number of amides is 11. The van der Waals surface area contributed by atoms with Gasteiger partial charge in [-0.25, -0.2) is 4.79 Å². The summed E-state index contributed by atoms with van der Waals surface area (Å²) < 4.78 is 5.92. The minimum Gasteiger partial charge on any atom is -0.453 e. The molecule has 0 aliphatic carbocycles. The van der Waals surface area contributed by atoms with Crippen LogP contribution in [0.4, 0.5) is 0 Å². The van der Waals surface area contributed by atoms with E-state index in [0.717, 1.165) is 6.92 Å². The Morgan fingerprint density at radius 2 is 1.14 bits per heavy atom. The van der Waals surface area contributed by atoms with Crippen LogP contribution in [-0.2, 0) is 62.3 Å². The zero-order chi connectivity index (χ0) is 68.4. The van der Waals surface area contributed by atoms with Crippen molar-refractivity contribution in [1.82, 2.24) is 53.2 Å². The summed E-state index contributed by atoms with van der Waals surface area (Å²) in [6.45, 7) is 15.3. The predicted octanol–water partition coefficient (Wildman–Crippen LogP) is -7.89. The number of esters is 1. The molecule has 0 bridgehead atoms. The highest BCUT2D eigenvalue weighted by molar-refractivity contribution is 6.00. The zero-order valence-corrected chi connectivity index (χ0v) is 57.5. The Hall–Kier alpha value is -7.65. The molecule has 1 aliphatic heterocycles. The highest BCUT2D eigenvalue weighted by Crippen LogP contribution is 2.25. The summed E-state index contributed by atoms with van der Waals surface area (Å²) in [5.41, 5.74) is 22.6. The fourth-order valence-corrected chi connectivity index (χ4v) is 9.25. The number of aliphatic hydroxyl groups excluding tert-OH is 4. The predicted molar refractivity (Wildman–Crippen MR) is 355 cm³/mol. The van der Waals surface area contributed by atoms with Crippen molar-refractivity contribution in [3.8, 4) is 0 Å². The summed E-state index contributed by atoms with van der Waals surface area (Å²) in [5.74, 6) is -17.2. The van der Waals surface area contributed by atoms with Gasteiger partial charge in [-0.15, -0.1) is 24.8 Å². The lowest BCUT2D eigenvalue weighted by Crippen LogP contribution is -2.64. The van der Waals surface area contributed by atoms with E-state index in [2.05, 4.69) is 47.5 Å². The van der Waals surface area contributed by atoms with Crippen molar-refractivity contribution in [2.24, 2.45) is 57.5 Å². The molecule has 11 amide bonds. The zero-order valence-electron chi connectivity index (χ0n) is 55.9. The first-order chi connectivity index (χ1) is 42.0. The number of aliphatic imine (C=N–C) groups is 1. The quantitative estimate of drug-likeness (QED) is 0.0209. The van der Waals surface area contributed by atoms with Crippen LogP contribution in [0.15, 0.2) is 35.3 Å². The van der Waals surface area contributed by atoms with Gasteiger partial charge in [0.2, 0.25) is 65.0 Å². The highest BCUT2D eigenvalue weighted by Gasteiger charge is 2.44. The van der Waals surface area contributed by atoms with Crippen LogP contribution in [0.3, 0.4) is 0 Å². The van der Waals surface area contributed by atoms with E-state index < -0.39 is 181 Å². The van der Waals surface area contributed by atoms with E-state index in [1.165, 1.54) is 44.2 Å². The summed E-state index contributed by atoms with van der Waals surface area (Å²) in [6, 6.07) is -10.7. The molecule has 1 saturated heterocycles. The Kier molecular flexibility index (Phi) is 47.8. The molecule has 1 aromatic carbocycles. The van der Waals surface area contributed by atoms with Gasteiger partial charge in [-0.05, 0) is 74.2 Å². The van der Waals surface area contributed by atoms with Crippen molar-refractivity contribution >= 4 is 102 Å². The second-order valence-electron chi connectivity index (χ2n) is 24.1. The van der Waals surface area contributed by atoms with E-state index >= 15 is 4.79 Å². The lowest BCUT2D eigenvalue weighted by atomic mass is 9.95. The van der Waals surface area contributed by atoms with E-state index in [0.29, 0.717) is 0 Å². The number of nitrogens with one attached hydrogen (secondary N) is 10. The normalized spacial score (nSPS) is 23.2. The summed E-state index contributed by atoms with van der Waals surface area (Å²) in [6.07, 6.45) is -8.04. The monoisotopic (exact) mass is 1420 g/mol. The number of carbonyl (C=O) groups excluding carboxylic acids is 12. The molecule has 0 radical (unpaired) electrons. The molecule has 1 fully saturated rings. The Morgan fingerprint density at radius 1 is 0.625 bits per heavy atom. The van der Waals surface area contributed by atoms with Gasteiger partial charge in [0.05, 0.1) is 31.4 Å². The van der Waals surface area contributed by atoms with Gasteiger partial charge in [-0.2, -0.15) is 0 Å². The number of carbonyl (C=O) groups is 12. The lowest BCUT2D eigenvalue weighted by molar-refractivity contribution is -0.159. The molecule has 0 unspecified atom stereocenters. The van der Waals surface area contributed by atoms with Gasteiger partial charge in [-0.3, -0.25) is 57.7 Å². The Labute approximate surface area is 570 Å². The fourth-order valence-electron chi connectivity index (χ4n) is 9.25. The van der Waals surface area contributed by atoms with Gasteiger partial charge in [0.25, 0.3) is 0 Å². The molecule has 2 rings (SSSR count). The van der Waals surface area contributed by atoms with Crippen LogP contribution in [0.5, 0.6) is 0 Å². The maximum Gasteiger partial charge on any atom is 0.331 e. The molecule has 0 spiro atoms. The van der Waals surface area contributed by atoms with Crippen LogP contribution < -0.4 is 76.1 Å². The molecule has 15 atom stereocenters. The molecule has 1 heterocycles. The third-order valence-corrected chi connectivity index (χ3v) is 14.4. The van der Waals surface area contributed by atoms with Crippen molar-refractivity contribution in [2.45, 2.75) is 200 Å². The first kappa shape index (κ1) is 97.0. The summed E-state index contributed by atoms with van der Waals surface area (Å²) in [4.78, 5) is 174. The molecule has 30 N–H and O–H groups in total. The lowest BCUT2D eigenvalue weighted by Gasteiger charge is -2.34. The van der Waals surface area contributed by atoms with Crippen molar-refractivity contribution < 1.29 is 105 Å². The van der Waals surface area contributed by atoms with E-state index in [4.69, 9.17) is 27.7 Å². The fraction of sp³-hybridized carbons (Fsp3) is 0.672.